The largest absolute Gasteiger partial charge is 0.497 e. The van der Waals surface area contributed by atoms with Crippen molar-refractivity contribution >= 4 is 5.91 Å². The van der Waals surface area contributed by atoms with E-state index in [0.29, 0.717) is 6.54 Å². The van der Waals surface area contributed by atoms with Gasteiger partial charge >= 0.3 is 0 Å². The van der Waals surface area contributed by atoms with Crippen LogP contribution < -0.4 is 20.7 Å². The number of hydrogen-bond acceptors (Lipinski definition) is 5. The number of amides is 1. The van der Waals surface area contributed by atoms with Crippen molar-refractivity contribution in [2.45, 2.75) is 31.7 Å². The summed E-state index contributed by atoms with van der Waals surface area (Å²) >= 11 is 0. The lowest BCUT2D eigenvalue weighted by atomic mass is 9.94. The number of carbonyl (C=O) groups excluding carboxylic acids is 1. The zero-order chi connectivity index (χ0) is 20.3. The Kier molecular flexibility index (Phi) is 8.46. The van der Waals surface area contributed by atoms with Crippen molar-refractivity contribution in [2.24, 2.45) is 5.92 Å². The van der Waals surface area contributed by atoms with Gasteiger partial charge in [0.1, 0.15) is 11.8 Å². The van der Waals surface area contributed by atoms with E-state index in [9.17, 15) is 4.79 Å². The fourth-order valence-corrected chi connectivity index (χ4v) is 3.74. The van der Waals surface area contributed by atoms with E-state index in [0.717, 1.165) is 49.7 Å². The van der Waals surface area contributed by atoms with Gasteiger partial charge in [-0.2, -0.15) is 0 Å². The third-order valence-corrected chi connectivity index (χ3v) is 5.53. The van der Waals surface area contributed by atoms with Gasteiger partial charge in [0.25, 0.3) is 0 Å². The molecule has 2 heterocycles. The van der Waals surface area contributed by atoms with Gasteiger partial charge < -0.3 is 20.7 Å². The predicted octanol–water partition coefficient (Wildman–Crippen LogP) is 2.47. The first-order chi connectivity index (χ1) is 14.3. The predicted molar refractivity (Wildman–Crippen MR) is 115 cm³/mol. The molecule has 1 aromatic carbocycles. The summed E-state index contributed by atoms with van der Waals surface area (Å²) in [6.45, 7) is 3.63. The maximum Gasteiger partial charge on any atom is 0.241 e. The smallest absolute Gasteiger partial charge is 0.241 e. The zero-order valence-corrected chi connectivity index (χ0v) is 17.2. The van der Waals surface area contributed by atoms with Gasteiger partial charge in [-0.1, -0.05) is 12.1 Å². The van der Waals surface area contributed by atoms with Gasteiger partial charge in [0.2, 0.25) is 5.91 Å². The van der Waals surface area contributed by atoms with Crippen LogP contribution in [0.5, 0.6) is 5.75 Å². The number of benzene rings is 1. The Hall–Kier alpha value is -2.44. The number of pyridine rings is 1. The van der Waals surface area contributed by atoms with Crippen molar-refractivity contribution < 1.29 is 9.53 Å². The number of ether oxygens (including phenoxy) is 1. The van der Waals surface area contributed by atoms with Crippen LogP contribution in [0, 0.1) is 5.92 Å². The molecule has 1 aliphatic rings. The van der Waals surface area contributed by atoms with E-state index in [2.05, 4.69) is 20.9 Å². The van der Waals surface area contributed by atoms with Crippen LogP contribution in [-0.4, -0.2) is 44.2 Å². The van der Waals surface area contributed by atoms with Gasteiger partial charge in [0.15, 0.2) is 0 Å². The van der Waals surface area contributed by atoms with Crippen LogP contribution >= 0.6 is 0 Å². The Bertz CT molecular complexity index is 730. The lowest BCUT2D eigenvalue weighted by Crippen LogP contribution is -2.39. The molecule has 29 heavy (non-hydrogen) atoms. The summed E-state index contributed by atoms with van der Waals surface area (Å²) in [4.78, 5) is 17.0. The van der Waals surface area contributed by atoms with Crippen molar-refractivity contribution in [3.05, 3.63) is 59.9 Å². The van der Waals surface area contributed by atoms with Crippen molar-refractivity contribution in [3.63, 3.8) is 0 Å². The van der Waals surface area contributed by atoms with Gasteiger partial charge in [-0.05, 0) is 86.6 Å². The number of carbonyl (C=O) groups is 1. The molecular weight excluding hydrogens is 364 g/mol. The number of piperidine rings is 1. The van der Waals surface area contributed by atoms with Gasteiger partial charge in [-0.15, -0.1) is 0 Å². The number of nitrogens with zero attached hydrogens (tertiary/aromatic N) is 1. The van der Waals surface area contributed by atoms with Crippen molar-refractivity contribution in [3.8, 4) is 5.75 Å². The maximum absolute atomic E-state index is 12.9. The Labute approximate surface area is 173 Å². The summed E-state index contributed by atoms with van der Waals surface area (Å²) < 4.78 is 5.25. The quantitative estimate of drug-likeness (QED) is 0.575. The second-order valence-corrected chi connectivity index (χ2v) is 7.54. The third-order valence-electron chi connectivity index (χ3n) is 5.53. The Morgan fingerprint density at radius 2 is 1.86 bits per heavy atom. The molecule has 1 aromatic heterocycles. The zero-order valence-electron chi connectivity index (χ0n) is 17.2. The number of nitrogens with one attached hydrogen (secondary N) is 3. The summed E-state index contributed by atoms with van der Waals surface area (Å²) in [6.07, 6.45) is 7.87. The lowest BCUT2D eigenvalue weighted by Gasteiger charge is -2.24. The van der Waals surface area contributed by atoms with Crippen molar-refractivity contribution in [1.82, 2.24) is 20.9 Å². The molecule has 1 aliphatic heterocycles. The summed E-state index contributed by atoms with van der Waals surface area (Å²) in [5.74, 6) is 1.53. The van der Waals surface area contributed by atoms with Crippen LogP contribution in [-0.2, 0) is 11.2 Å². The number of rotatable bonds is 10. The van der Waals surface area contributed by atoms with E-state index < -0.39 is 0 Å². The topological polar surface area (TPSA) is 75.3 Å². The SMILES string of the molecule is COc1ccc(C(NCCC2CCNCC2)C(=O)NCCc2ccncc2)cc1. The van der Waals surface area contributed by atoms with E-state index in [4.69, 9.17) is 4.74 Å². The van der Waals surface area contributed by atoms with E-state index in [1.165, 1.54) is 18.4 Å². The molecule has 1 amide bonds. The first-order valence-corrected chi connectivity index (χ1v) is 10.5. The summed E-state index contributed by atoms with van der Waals surface area (Å²) in [7, 11) is 1.65. The first-order valence-electron chi connectivity index (χ1n) is 10.5. The van der Waals surface area contributed by atoms with Gasteiger partial charge in [0.05, 0.1) is 7.11 Å². The molecule has 0 bridgehead atoms. The van der Waals surface area contributed by atoms with Crippen LogP contribution in [0.25, 0.3) is 0 Å². The molecule has 156 valence electrons. The van der Waals surface area contributed by atoms with Crippen LogP contribution in [0.15, 0.2) is 48.8 Å². The molecule has 2 aromatic rings. The summed E-state index contributed by atoms with van der Waals surface area (Å²) in [5.41, 5.74) is 2.12. The molecule has 3 rings (SSSR count). The standard InChI is InChI=1S/C23H32N4O2/c1-29-21-4-2-20(3-5-21)22(26-16-10-18-6-12-24-13-7-18)23(28)27-17-11-19-8-14-25-15-9-19/h2-5,8-9,14-15,18,22,24,26H,6-7,10-13,16-17H2,1H3,(H,27,28). The molecule has 0 spiro atoms. The molecule has 0 radical (unpaired) electrons. The molecule has 6 nitrogen and oxygen atoms in total. The highest BCUT2D eigenvalue weighted by Gasteiger charge is 2.21. The van der Waals surface area contributed by atoms with Crippen LogP contribution in [0.2, 0.25) is 0 Å². The van der Waals surface area contributed by atoms with E-state index >= 15 is 0 Å². The van der Waals surface area contributed by atoms with Crippen molar-refractivity contribution in [2.75, 3.05) is 33.3 Å². The fourth-order valence-electron chi connectivity index (χ4n) is 3.74. The van der Waals surface area contributed by atoms with Gasteiger partial charge in [0, 0.05) is 18.9 Å². The summed E-state index contributed by atoms with van der Waals surface area (Å²) in [5, 5.41) is 9.97. The number of hydrogen-bond donors (Lipinski definition) is 3. The Balaban J connectivity index is 1.56. The molecule has 1 fully saturated rings. The highest BCUT2D eigenvalue weighted by Crippen LogP contribution is 2.20. The first kappa shape index (κ1) is 21.3. The number of aromatic nitrogens is 1. The molecule has 0 aliphatic carbocycles. The molecule has 3 N–H and O–H groups in total. The molecule has 1 saturated heterocycles. The lowest BCUT2D eigenvalue weighted by molar-refractivity contribution is -0.123. The van der Waals surface area contributed by atoms with Crippen molar-refractivity contribution in [1.29, 1.82) is 0 Å². The fraction of sp³-hybridized carbons (Fsp3) is 0.478. The minimum Gasteiger partial charge on any atom is -0.497 e. The molecule has 1 unspecified atom stereocenters. The van der Waals surface area contributed by atoms with Crippen LogP contribution in [0.1, 0.15) is 36.4 Å². The second kappa shape index (κ2) is 11.5. The Morgan fingerprint density at radius 1 is 1.14 bits per heavy atom. The van der Waals surface area contributed by atoms with E-state index in [1.807, 2.05) is 36.4 Å². The van der Waals surface area contributed by atoms with Gasteiger partial charge in [-0.3, -0.25) is 9.78 Å². The van der Waals surface area contributed by atoms with Crippen LogP contribution in [0.3, 0.4) is 0 Å². The Morgan fingerprint density at radius 3 is 2.55 bits per heavy atom. The molecule has 0 saturated carbocycles. The minimum atomic E-state index is -0.361. The maximum atomic E-state index is 12.9. The number of methoxy groups -OCH3 is 1. The normalized spacial score (nSPS) is 15.6. The molecular formula is C23H32N4O2. The van der Waals surface area contributed by atoms with E-state index in [-0.39, 0.29) is 11.9 Å². The summed E-state index contributed by atoms with van der Waals surface area (Å²) in [6, 6.07) is 11.3. The van der Waals surface area contributed by atoms with Crippen LogP contribution in [0.4, 0.5) is 0 Å². The minimum absolute atomic E-state index is 0.00883. The second-order valence-electron chi connectivity index (χ2n) is 7.54. The third kappa shape index (κ3) is 6.84. The highest BCUT2D eigenvalue weighted by atomic mass is 16.5. The molecule has 1 atom stereocenters. The molecule has 6 heteroatoms. The van der Waals surface area contributed by atoms with Gasteiger partial charge in [-0.25, -0.2) is 0 Å². The highest BCUT2D eigenvalue weighted by molar-refractivity contribution is 5.83. The monoisotopic (exact) mass is 396 g/mol. The average molecular weight is 397 g/mol. The van der Waals surface area contributed by atoms with E-state index in [1.54, 1.807) is 19.5 Å². The average Bonchev–Trinajstić information content (AvgIpc) is 2.78.